The molecule has 0 radical (unpaired) electrons. The van der Waals surface area contributed by atoms with E-state index in [4.69, 9.17) is 9.11 Å². The maximum absolute atomic E-state index is 13.0. The van der Waals surface area contributed by atoms with Crippen molar-refractivity contribution in [3.8, 4) is 0 Å². The van der Waals surface area contributed by atoms with Crippen LogP contribution in [0.3, 0.4) is 0 Å². The Bertz CT molecular complexity index is 575. The van der Waals surface area contributed by atoms with Gasteiger partial charge in [0.1, 0.15) is 21.4 Å². The van der Waals surface area contributed by atoms with Gasteiger partial charge >= 0.3 is 0 Å². The fourth-order valence-corrected chi connectivity index (χ4v) is 2.02. The van der Waals surface area contributed by atoms with E-state index in [1.807, 2.05) is 0 Å². The molecule has 0 amide bonds. The largest absolute Gasteiger partial charge is 0.297 e. The van der Waals surface area contributed by atoms with Crippen LogP contribution in [-0.4, -0.2) is 25.9 Å². The number of rotatable bonds is 2. The van der Waals surface area contributed by atoms with Gasteiger partial charge < -0.3 is 0 Å². The molecule has 1 aromatic carbocycles. The van der Waals surface area contributed by atoms with E-state index in [0.717, 1.165) is 0 Å². The molecule has 0 saturated heterocycles. The minimum absolute atomic E-state index is 0.0478. The number of hydrogen-bond donors (Lipinski definition) is 2. The van der Waals surface area contributed by atoms with Crippen molar-refractivity contribution in [2.75, 3.05) is 0 Å². The van der Waals surface area contributed by atoms with Crippen molar-refractivity contribution in [2.45, 2.75) is 9.79 Å². The average molecular weight is 274 g/mol. The maximum atomic E-state index is 13.0. The molecule has 0 fully saturated rings. The lowest BCUT2D eigenvalue weighted by molar-refractivity contribution is 0.456. The van der Waals surface area contributed by atoms with Gasteiger partial charge in [-0.25, -0.2) is 8.78 Å². The standard InChI is InChI=1S/C6H4F2O6S2/c7-3-1-5(15(9,10)11)4(8)2-6(3)16(12,13)14/h1-2H,(H,9,10,11)(H,12,13,14). The van der Waals surface area contributed by atoms with Crippen molar-refractivity contribution < 1.29 is 34.7 Å². The quantitative estimate of drug-likeness (QED) is 0.758. The summed E-state index contributed by atoms with van der Waals surface area (Å²) in [6.07, 6.45) is 0. The van der Waals surface area contributed by atoms with Crippen LogP contribution in [0, 0.1) is 11.6 Å². The monoisotopic (exact) mass is 274 g/mol. The molecule has 0 unspecified atom stereocenters. The molecule has 1 aromatic rings. The molecule has 0 aliphatic carbocycles. The fourth-order valence-electron chi connectivity index (χ4n) is 0.906. The predicted octanol–water partition coefficient (Wildman–Crippen LogP) is 0.458. The summed E-state index contributed by atoms with van der Waals surface area (Å²) >= 11 is 0. The van der Waals surface area contributed by atoms with Crippen LogP contribution in [0.25, 0.3) is 0 Å². The van der Waals surface area contributed by atoms with Gasteiger partial charge in [-0.1, -0.05) is 0 Å². The van der Waals surface area contributed by atoms with Crippen LogP contribution in [0.2, 0.25) is 0 Å². The fraction of sp³-hybridized carbons (Fsp3) is 0. The van der Waals surface area contributed by atoms with Crippen molar-refractivity contribution in [1.82, 2.24) is 0 Å². The van der Waals surface area contributed by atoms with Gasteiger partial charge in [-0.15, -0.1) is 0 Å². The SMILES string of the molecule is O=S(=O)(O)c1cc(F)c(S(=O)(=O)O)cc1F. The minimum Gasteiger partial charge on any atom is -0.282 e. The summed E-state index contributed by atoms with van der Waals surface area (Å²) in [5, 5.41) is 0. The van der Waals surface area contributed by atoms with Gasteiger partial charge in [0, 0.05) is 0 Å². The summed E-state index contributed by atoms with van der Waals surface area (Å²) in [5.41, 5.74) is 0. The zero-order chi connectivity index (χ0) is 12.7. The van der Waals surface area contributed by atoms with Gasteiger partial charge in [-0.05, 0) is 12.1 Å². The Kier molecular flexibility index (Phi) is 3.02. The average Bonchev–Trinajstić information content (AvgIpc) is 2.04. The first-order chi connectivity index (χ1) is 7.03. The molecule has 0 aliphatic rings. The topological polar surface area (TPSA) is 109 Å². The molecule has 16 heavy (non-hydrogen) atoms. The number of hydrogen-bond acceptors (Lipinski definition) is 4. The molecule has 90 valence electrons. The Hall–Kier alpha value is -1.10. The van der Waals surface area contributed by atoms with E-state index in [9.17, 15) is 25.6 Å². The van der Waals surface area contributed by atoms with Crippen molar-refractivity contribution >= 4 is 20.2 Å². The molecular weight excluding hydrogens is 270 g/mol. The molecule has 0 atom stereocenters. The Labute approximate surface area is 89.0 Å². The molecule has 0 saturated carbocycles. The first-order valence-electron chi connectivity index (χ1n) is 3.47. The molecule has 2 N–H and O–H groups in total. The third-order valence-corrected chi connectivity index (χ3v) is 3.28. The van der Waals surface area contributed by atoms with Gasteiger partial charge in [0.2, 0.25) is 0 Å². The zero-order valence-corrected chi connectivity index (χ0v) is 8.89. The van der Waals surface area contributed by atoms with Crippen LogP contribution in [0.15, 0.2) is 21.9 Å². The maximum Gasteiger partial charge on any atom is 0.297 e. The Morgan fingerprint density at radius 2 is 1.06 bits per heavy atom. The second kappa shape index (κ2) is 3.73. The van der Waals surface area contributed by atoms with Crippen molar-refractivity contribution in [3.05, 3.63) is 23.8 Å². The predicted molar refractivity (Wildman–Crippen MR) is 46.0 cm³/mol. The highest BCUT2D eigenvalue weighted by molar-refractivity contribution is 7.86. The highest BCUT2D eigenvalue weighted by Crippen LogP contribution is 2.22. The number of halogens is 2. The lowest BCUT2D eigenvalue weighted by Gasteiger charge is -2.03. The Morgan fingerprint density at radius 1 is 0.812 bits per heavy atom. The Balaban J connectivity index is 3.65. The van der Waals surface area contributed by atoms with E-state index in [-0.39, 0.29) is 12.1 Å². The van der Waals surface area contributed by atoms with Gasteiger partial charge in [-0.2, -0.15) is 16.8 Å². The van der Waals surface area contributed by atoms with Crippen LogP contribution in [0.1, 0.15) is 0 Å². The van der Waals surface area contributed by atoms with Crippen molar-refractivity contribution in [1.29, 1.82) is 0 Å². The highest BCUT2D eigenvalue weighted by Gasteiger charge is 2.24. The summed E-state index contributed by atoms with van der Waals surface area (Å²) in [7, 11) is -10.0. The first-order valence-corrected chi connectivity index (χ1v) is 6.35. The molecule has 0 spiro atoms. The van der Waals surface area contributed by atoms with E-state index in [2.05, 4.69) is 0 Å². The van der Waals surface area contributed by atoms with Crippen LogP contribution in [0.5, 0.6) is 0 Å². The van der Waals surface area contributed by atoms with Crippen molar-refractivity contribution in [2.24, 2.45) is 0 Å². The van der Waals surface area contributed by atoms with Crippen LogP contribution < -0.4 is 0 Å². The second-order valence-electron chi connectivity index (χ2n) is 2.66. The molecular formula is C6H4F2O6S2. The smallest absolute Gasteiger partial charge is 0.282 e. The molecule has 6 nitrogen and oxygen atoms in total. The molecule has 1 rings (SSSR count). The van der Waals surface area contributed by atoms with E-state index >= 15 is 0 Å². The van der Waals surface area contributed by atoms with Crippen LogP contribution >= 0.6 is 0 Å². The lowest BCUT2D eigenvalue weighted by Crippen LogP contribution is -2.07. The second-order valence-corrected chi connectivity index (χ2v) is 5.44. The summed E-state index contributed by atoms with van der Waals surface area (Å²) in [6, 6.07) is -0.0957. The number of benzene rings is 1. The van der Waals surface area contributed by atoms with Gasteiger partial charge in [0.15, 0.2) is 0 Å². The van der Waals surface area contributed by atoms with E-state index in [1.165, 1.54) is 0 Å². The van der Waals surface area contributed by atoms with E-state index in [1.54, 1.807) is 0 Å². The summed E-state index contributed by atoms with van der Waals surface area (Å²) < 4.78 is 84.8. The summed E-state index contributed by atoms with van der Waals surface area (Å²) in [5.74, 6) is -3.40. The van der Waals surface area contributed by atoms with Gasteiger partial charge in [-0.3, -0.25) is 9.11 Å². The van der Waals surface area contributed by atoms with Crippen LogP contribution in [-0.2, 0) is 20.2 Å². The molecule has 10 heteroatoms. The van der Waals surface area contributed by atoms with E-state index < -0.39 is 41.7 Å². The lowest BCUT2D eigenvalue weighted by atomic mass is 10.3. The normalized spacial score (nSPS) is 12.8. The third kappa shape index (κ3) is 2.52. The summed E-state index contributed by atoms with van der Waals surface area (Å²) in [6.45, 7) is 0. The molecule has 0 bridgehead atoms. The zero-order valence-electron chi connectivity index (χ0n) is 7.25. The third-order valence-electron chi connectivity index (χ3n) is 1.54. The molecule has 0 aromatic heterocycles. The molecule has 0 heterocycles. The summed E-state index contributed by atoms with van der Waals surface area (Å²) in [4.78, 5) is -2.84. The van der Waals surface area contributed by atoms with Crippen LogP contribution in [0.4, 0.5) is 8.78 Å². The highest BCUT2D eigenvalue weighted by atomic mass is 32.2. The minimum atomic E-state index is -5.01. The van der Waals surface area contributed by atoms with Gasteiger partial charge in [0.05, 0.1) is 0 Å². The van der Waals surface area contributed by atoms with Gasteiger partial charge in [0.25, 0.3) is 20.2 Å². The molecule has 0 aliphatic heterocycles. The van der Waals surface area contributed by atoms with Crippen molar-refractivity contribution in [3.63, 3.8) is 0 Å². The Morgan fingerprint density at radius 3 is 1.25 bits per heavy atom. The van der Waals surface area contributed by atoms with E-state index in [0.29, 0.717) is 0 Å². The first kappa shape index (κ1) is 13.0.